The smallest absolute Gasteiger partial charge is 0.245 e. The number of sulfonamides is 1. The summed E-state index contributed by atoms with van der Waals surface area (Å²) in [6.45, 7) is 3.22. The molecule has 2 saturated heterocycles. The van der Waals surface area contributed by atoms with Crippen LogP contribution in [0.2, 0.25) is 5.02 Å². The monoisotopic (exact) mass is 358 g/mol. The summed E-state index contributed by atoms with van der Waals surface area (Å²) in [6.07, 6.45) is 0.971. The Hall–Kier alpha value is -1.15. The molecule has 2 aliphatic rings. The van der Waals surface area contributed by atoms with E-state index in [9.17, 15) is 13.2 Å². The molecule has 8 heteroatoms. The molecule has 0 aliphatic carbocycles. The lowest BCUT2D eigenvalue weighted by molar-refractivity contribution is -0.137. The van der Waals surface area contributed by atoms with Crippen LogP contribution < -0.4 is 0 Å². The quantitative estimate of drug-likeness (QED) is 0.807. The summed E-state index contributed by atoms with van der Waals surface area (Å²) >= 11 is 5.84. The topological polar surface area (TPSA) is 66.9 Å². The Morgan fingerprint density at radius 3 is 2.35 bits per heavy atom. The van der Waals surface area contributed by atoms with Crippen molar-refractivity contribution in [3.05, 3.63) is 29.3 Å². The highest BCUT2D eigenvalue weighted by atomic mass is 35.5. The Kier molecular flexibility index (Phi) is 4.39. The molecule has 126 valence electrons. The standard InChI is InChI=1S/C15H19ClN2O4S/c1-12(19)17-8-6-15(7-9-17)18(10-11-22-15)23(20,21)14-4-2-13(16)3-5-14/h2-5H,6-11H2,1H3. The van der Waals surface area contributed by atoms with Crippen LogP contribution in [0.4, 0.5) is 0 Å². The fourth-order valence-electron chi connectivity index (χ4n) is 3.23. The Labute approximate surface area is 141 Å². The number of ether oxygens (including phenoxy) is 1. The number of rotatable bonds is 2. The van der Waals surface area contributed by atoms with Crippen molar-refractivity contribution in [2.75, 3.05) is 26.2 Å². The second kappa shape index (κ2) is 6.05. The Bertz CT molecular complexity index is 697. The van der Waals surface area contributed by atoms with Crippen molar-refractivity contribution >= 4 is 27.5 Å². The lowest BCUT2D eigenvalue weighted by Gasteiger charge is -2.42. The minimum absolute atomic E-state index is 0.00459. The Balaban J connectivity index is 1.87. The number of piperidine rings is 1. The van der Waals surface area contributed by atoms with Crippen LogP contribution in [0.3, 0.4) is 0 Å². The van der Waals surface area contributed by atoms with Crippen LogP contribution in [0.25, 0.3) is 0 Å². The molecule has 0 atom stereocenters. The van der Waals surface area contributed by atoms with Crippen LogP contribution in [0.1, 0.15) is 19.8 Å². The van der Waals surface area contributed by atoms with E-state index >= 15 is 0 Å². The molecule has 1 aromatic carbocycles. The third-order valence-corrected chi connectivity index (χ3v) is 6.73. The van der Waals surface area contributed by atoms with Crippen LogP contribution in [0.5, 0.6) is 0 Å². The third-order valence-electron chi connectivity index (χ3n) is 4.51. The van der Waals surface area contributed by atoms with Gasteiger partial charge in [-0.05, 0) is 24.3 Å². The number of hydrogen-bond acceptors (Lipinski definition) is 4. The van der Waals surface area contributed by atoms with Gasteiger partial charge in [-0.15, -0.1) is 0 Å². The van der Waals surface area contributed by atoms with E-state index < -0.39 is 15.7 Å². The summed E-state index contributed by atoms with van der Waals surface area (Å²) in [5, 5.41) is 0.492. The molecule has 1 aromatic rings. The van der Waals surface area contributed by atoms with Gasteiger partial charge in [0, 0.05) is 44.4 Å². The molecular formula is C15H19ClN2O4S. The number of likely N-dealkylation sites (tertiary alicyclic amines) is 1. The Morgan fingerprint density at radius 2 is 1.78 bits per heavy atom. The van der Waals surface area contributed by atoms with Crippen molar-refractivity contribution in [3.8, 4) is 0 Å². The van der Waals surface area contributed by atoms with Crippen molar-refractivity contribution in [1.82, 2.24) is 9.21 Å². The van der Waals surface area contributed by atoms with Gasteiger partial charge in [-0.1, -0.05) is 11.6 Å². The molecule has 2 heterocycles. The van der Waals surface area contributed by atoms with Gasteiger partial charge in [-0.3, -0.25) is 4.79 Å². The van der Waals surface area contributed by atoms with Crippen LogP contribution in [-0.4, -0.2) is 55.5 Å². The molecule has 23 heavy (non-hydrogen) atoms. The summed E-state index contributed by atoms with van der Waals surface area (Å²) in [7, 11) is -3.65. The van der Waals surface area contributed by atoms with E-state index in [4.69, 9.17) is 16.3 Å². The molecule has 0 radical (unpaired) electrons. The Morgan fingerprint density at radius 1 is 1.17 bits per heavy atom. The van der Waals surface area contributed by atoms with Gasteiger partial charge in [-0.2, -0.15) is 4.31 Å². The summed E-state index contributed by atoms with van der Waals surface area (Å²) < 4.78 is 33.2. The first-order valence-corrected chi connectivity index (χ1v) is 9.35. The fraction of sp³-hybridized carbons (Fsp3) is 0.533. The molecule has 0 saturated carbocycles. The van der Waals surface area contributed by atoms with Crippen molar-refractivity contribution in [3.63, 3.8) is 0 Å². The first kappa shape index (κ1) is 16.7. The normalized spacial score (nSPS) is 21.7. The minimum atomic E-state index is -3.65. The number of hydrogen-bond donors (Lipinski definition) is 0. The predicted molar refractivity (Wildman–Crippen MR) is 85.5 cm³/mol. The van der Waals surface area contributed by atoms with Gasteiger partial charge >= 0.3 is 0 Å². The van der Waals surface area contributed by atoms with Crippen molar-refractivity contribution in [1.29, 1.82) is 0 Å². The van der Waals surface area contributed by atoms with Crippen molar-refractivity contribution in [2.45, 2.75) is 30.4 Å². The highest BCUT2D eigenvalue weighted by Crippen LogP contribution is 2.38. The number of halogens is 1. The average Bonchev–Trinajstić information content (AvgIpc) is 2.92. The molecule has 0 unspecified atom stereocenters. The van der Waals surface area contributed by atoms with Gasteiger partial charge < -0.3 is 9.64 Å². The summed E-state index contributed by atoms with van der Waals surface area (Å²) in [4.78, 5) is 13.4. The summed E-state index contributed by atoms with van der Waals surface area (Å²) in [6, 6.07) is 6.15. The van der Waals surface area contributed by atoms with Crippen LogP contribution in [0, 0.1) is 0 Å². The zero-order chi connectivity index (χ0) is 16.7. The van der Waals surface area contributed by atoms with Crippen LogP contribution in [-0.2, 0) is 19.6 Å². The van der Waals surface area contributed by atoms with E-state index in [0.29, 0.717) is 44.1 Å². The van der Waals surface area contributed by atoms with E-state index in [0.717, 1.165) is 0 Å². The maximum Gasteiger partial charge on any atom is 0.245 e. The van der Waals surface area contributed by atoms with Gasteiger partial charge in [0.15, 0.2) is 0 Å². The maximum absolute atomic E-state index is 13.0. The molecule has 6 nitrogen and oxygen atoms in total. The van der Waals surface area contributed by atoms with E-state index in [1.807, 2.05) is 0 Å². The van der Waals surface area contributed by atoms with Crippen molar-refractivity contribution < 1.29 is 17.9 Å². The fourth-order valence-corrected chi connectivity index (χ4v) is 5.08. The molecule has 3 rings (SSSR count). The molecule has 1 amide bonds. The minimum Gasteiger partial charge on any atom is -0.358 e. The number of nitrogens with zero attached hydrogens (tertiary/aromatic N) is 2. The summed E-state index contributed by atoms with van der Waals surface area (Å²) in [5.41, 5.74) is -0.843. The highest BCUT2D eigenvalue weighted by Gasteiger charge is 2.50. The van der Waals surface area contributed by atoms with Gasteiger partial charge in [0.05, 0.1) is 11.5 Å². The second-order valence-corrected chi connectivity index (χ2v) is 8.13. The molecule has 0 bridgehead atoms. The van der Waals surface area contributed by atoms with Gasteiger partial charge in [0.1, 0.15) is 5.72 Å². The lowest BCUT2D eigenvalue weighted by Crippen LogP contribution is -2.55. The number of benzene rings is 1. The van der Waals surface area contributed by atoms with E-state index in [1.54, 1.807) is 17.0 Å². The van der Waals surface area contributed by atoms with Gasteiger partial charge in [0.2, 0.25) is 15.9 Å². The first-order chi connectivity index (χ1) is 10.8. The van der Waals surface area contributed by atoms with E-state index in [1.165, 1.54) is 23.4 Å². The molecule has 2 aliphatic heterocycles. The zero-order valence-corrected chi connectivity index (χ0v) is 14.4. The summed E-state index contributed by atoms with van der Waals surface area (Å²) in [5.74, 6) is 0.00459. The molecule has 2 fully saturated rings. The third kappa shape index (κ3) is 2.98. The SMILES string of the molecule is CC(=O)N1CCC2(CC1)OCCN2S(=O)(=O)c1ccc(Cl)cc1. The predicted octanol–water partition coefficient (Wildman–Crippen LogP) is 1.70. The number of amides is 1. The van der Waals surface area contributed by atoms with Crippen LogP contribution in [0.15, 0.2) is 29.2 Å². The lowest BCUT2D eigenvalue weighted by atomic mass is 10.0. The second-order valence-electron chi connectivity index (χ2n) is 5.83. The zero-order valence-electron chi connectivity index (χ0n) is 12.9. The van der Waals surface area contributed by atoms with Crippen molar-refractivity contribution in [2.24, 2.45) is 0 Å². The van der Waals surface area contributed by atoms with Gasteiger partial charge in [-0.25, -0.2) is 8.42 Å². The molecule has 0 aromatic heterocycles. The number of carbonyl (C=O) groups excluding carboxylic acids is 1. The molecular weight excluding hydrogens is 340 g/mol. The first-order valence-electron chi connectivity index (χ1n) is 7.53. The highest BCUT2D eigenvalue weighted by molar-refractivity contribution is 7.89. The number of carbonyl (C=O) groups is 1. The molecule has 1 spiro atoms. The van der Waals surface area contributed by atoms with Crippen LogP contribution >= 0.6 is 11.6 Å². The molecule has 0 N–H and O–H groups in total. The maximum atomic E-state index is 13.0. The van der Waals surface area contributed by atoms with E-state index in [2.05, 4.69) is 0 Å². The largest absolute Gasteiger partial charge is 0.358 e. The average molecular weight is 359 g/mol. The van der Waals surface area contributed by atoms with E-state index in [-0.39, 0.29) is 10.8 Å². The van der Waals surface area contributed by atoms with Gasteiger partial charge in [0.25, 0.3) is 0 Å².